The van der Waals surface area contributed by atoms with Gasteiger partial charge < -0.3 is 0 Å². The third kappa shape index (κ3) is 1.97. The highest BCUT2D eigenvalue weighted by Crippen LogP contribution is 2.43. The fourth-order valence-electron chi connectivity index (χ4n) is 3.76. The Morgan fingerprint density at radius 2 is 1.32 bits per heavy atom. The number of rotatable bonds is 1. The van der Waals surface area contributed by atoms with Gasteiger partial charge in [0.25, 0.3) is 0 Å². The molecule has 0 saturated heterocycles. The van der Waals surface area contributed by atoms with Gasteiger partial charge in [0.15, 0.2) is 5.78 Å². The maximum Gasteiger partial charge on any atom is 0.194 e. The van der Waals surface area contributed by atoms with Crippen molar-refractivity contribution in [1.29, 1.82) is 0 Å². The van der Waals surface area contributed by atoms with Gasteiger partial charge in [0.1, 0.15) is 5.82 Å². The summed E-state index contributed by atoms with van der Waals surface area (Å²) in [5.74, 6) is -0.255. The molecule has 1 aliphatic rings. The first kappa shape index (κ1) is 14.1. The highest BCUT2D eigenvalue weighted by atomic mass is 19.1. The van der Waals surface area contributed by atoms with E-state index in [1.807, 2.05) is 48.5 Å². The maximum atomic E-state index is 13.3. The summed E-state index contributed by atoms with van der Waals surface area (Å²) in [6.45, 7) is 0. The van der Waals surface area contributed by atoms with Crippen molar-refractivity contribution in [3.8, 4) is 22.3 Å². The first-order valence-electron chi connectivity index (χ1n) is 8.20. The molecule has 0 aliphatic heterocycles. The Hall–Kier alpha value is -3.26. The van der Waals surface area contributed by atoms with E-state index in [9.17, 15) is 9.18 Å². The van der Waals surface area contributed by atoms with Crippen molar-refractivity contribution in [2.75, 3.05) is 0 Å². The second kappa shape index (κ2) is 5.12. The van der Waals surface area contributed by atoms with Gasteiger partial charge in [-0.15, -0.1) is 0 Å². The van der Waals surface area contributed by atoms with E-state index in [4.69, 9.17) is 0 Å². The molecule has 1 nitrogen and oxygen atoms in total. The van der Waals surface area contributed by atoms with E-state index in [1.54, 1.807) is 12.1 Å². The van der Waals surface area contributed by atoms with Crippen LogP contribution in [-0.2, 0) is 0 Å². The smallest absolute Gasteiger partial charge is 0.194 e. The van der Waals surface area contributed by atoms with Crippen molar-refractivity contribution in [2.24, 2.45) is 0 Å². The molecule has 4 aromatic carbocycles. The van der Waals surface area contributed by atoms with Gasteiger partial charge in [-0.3, -0.25) is 4.79 Å². The predicted octanol–water partition coefficient (Wildman–Crippen LogP) is 5.86. The summed E-state index contributed by atoms with van der Waals surface area (Å²) in [5.41, 5.74) is 5.17. The SMILES string of the molecule is O=C1c2ccccc2-c2cccc3ccc(-c4ccc(F)cc4)c1c23. The zero-order valence-electron chi connectivity index (χ0n) is 13.3. The average molecular weight is 324 g/mol. The van der Waals surface area contributed by atoms with Gasteiger partial charge in [-0.2, -0.15) is 0 Å². The Bertz CT molecular complexity index is 1160. The van der Waals surface area contributed by atoms with Gasteiger partial charge in [-0.25, -0.2) is 4.39 Å². The molecule has 4 aromatic rings. The highest BCUT2D eigenvalue weighted by Gasteiger charge is 2.27. The van der Waals surface area contributed by atoms with Crippen LogP contribution in [0, 0.1) is 5.82 Å². The molecule has 0 spiro atoms. The molecular formula is C23H13FO. The lowest BCUT2D eigenvalue weighted by Gasteiger charge is -2.22. The number of benzene rings is 4. The minimum atomic E-state index is -0.282. The lowest BCUT2D eigenvalue weighted by molar-refractivity contribution is 0.104. The molecule has 0 atom stereocenters. The summed E-state index contributed by atoms with van der Waals surface area (Å²) in [6, 6.07) is 24.1. The van der Waals surface area contributed by atoms with Gasteiger partial charge in [0, 0.05) is 16.5 Å². The second-order valence-electron chi connectivity index (χ2n) is 6.27. The molecule has 0 heterocycles. The van der Waals surface area contributed by atoms with E-state index in [2.05, 4.69) is 6.07 Å². The molecule has 2 heteroatoms. The number of hydrogen-bond acceptors (Lipinski definition) is 1. The zero-order valence-corrected chi connectivity index (χ0v) is 13.3. The lowest BCUT2D eigenvalue weighted by atomic mass is 9.79. The number of carbonyl (C=O) groups excluding carboxylic acids is 1. The number of halogens is 1. The van der Waals surface area contributed by atoms with Crippen molar-refractivity contribution in [2.45, 2.75) is 0 Å². The summed E-state index contributed by atoms with van der Waals surface area (Å²) >= 11 is 0. The van der Waals surface area contributed by atoms with Gasteiger partial charge in [-0.05, 0) is 39.8 Å². The number of carbonyl (C=O) groups is 1. The van der Waals surface area contributed by atoms with E-state index in [0.29, 0.717) is 5.56 Å². The van der Waals surface area contributed by atoms with Gasteiger partial charge >= 0.3 is 0 Å². The normalized spacial score (nSPS) is 12.3. The molecule has 0 radical (unpaired) electrons. The van der Waals surface area contributed by atoms with Gasteiger partial charge in [0.2, 0.25) is 0 Å². The summed E-state index contributed by atoms with van der Waals surface area (Å²) in [4.78, 5) is 13.3. The van der Waals surface area contributed by atoms with E-state index in [-0.39, 0.29) is 11.6 Å². The summed E-state index contributed by atoms with van der Waals surface area (Å²) in [6.07, 6.45) is 0. The first-order valence-corrected chi connectivity index (χ1v) is 8.20. The largest absolute Gasteiger partial charge is 0.289 e. The first-order chi connectivity index (χ1) is 12.2. The molecule has 0 fully saturated rings. The number of ketones is 1. The van der Waals surface area contributed by atoms with Crippen molar-refractivity contribution in [1.82, 2.24) is 0 Å². The van der Waals surface area contributed by atoms with Crippen LogP contribution in [0.25, 0.3) is 33.0 Å². The molecule has 118 valence electrons. The van der Waals surface area contributed by atoms with Crippen LogP contribution < -0.4 is 0 Å². The molecule has 0 N–H and O–H groups in total. The monoisotopic (exact) mass is 324 g/mol. The minimum Gasteiger partial charge on any atom is -0.289 e. The zero-order chi connectivity index (χ0) is 17.0. The van der Waals surface area contributed by atoms with Crippen LogP contribution in [0.4, 0.5) is 4.39 Å². The topological polar surface area (TPSA) is 17.1 Å². The van der Waals surface area contributed by atoms with E-state index in [0.717, 1.165) is 38.6 Å². The van der Waals surface area contributed by atoms with E-state index in [1.165, 1.54) is 12.1 Å². The van der Waals surface area contributed by atoms with Crippen molar-refractivity contribution < 1.29 is 9.18 Å². The van der Waals surface area contributed by atoms with E-state index < -0.39 is 0 Å². The molecule has 0 amide bonds. The molecule has 5 rings (SSSR count). The van der Waals surface area contributed by atoms with Crippen molar-refractivity contribution >= 4 is 16.6 Å². The lowest BCUT2D eigenvalue weighted by Crippen LogP contribution is -2.11. The summed E-state index contributed by atoms with van der Waals surface area (Å²) in [5, 5.41) is 2.02. The molecule has 0 saturated carbocycles. The third-order valence-electron chi connectivity index (χ3n) is 4.89. The Balaban J connectivity index is 1.93. The summed E-state index contributed by atoms with van der Waals surface area (Å²) < 4.78 is 13.3. The number of fused-ring (bicyclic) bond motifs is 2. The fraction of sp³-hybridized carbons (Fsp3) is 0. The summed E-state index contributed by atoms with van der Waals surface area (Å²) in [7, 11) is 0. The maximum absolute atomic E-state index is 13.3. The Labute approximate surface area is 144 Å². The van der Waals surface area contributed by atoms with Crippen molar-refractivity contribution in [3.05, 3.63) is 95.8 Å². The molecular weight excluding hydrogens is 311 g/mol. The minimum absolute atomic E-state index is 0.0271. The Morgan fingerprint density at radius 1 is 0.600 bits per heavy atom. The van der Waals surface area contributed by atoms with Crippen LogP contribution in [0.3, 0.4) is 0 Å². The third-order valence-corrected chi connectivity index (χ3v) is 4.89. The van der Waals surface area contributed by atoms with Crippen LogP contribution in [0.2, 0.25) is 0 Å². The van der Waals surface area contributed by atoms with E-state index >= 15 is 0 Å². The molecule has 0 unspecified atom stereocenters. The molecule has 25 heavy (non-hydrogen) atoms. The molecule has 0 aromatic heterocycles. The second-order valence-corrected chi connectivity index (χ2v) is 6.27. The van der Waals surface area contributed by atoms with Gasteiger partial charge in [-0.1, -0.05) is 66.7 Å². The van der Waals surface area contributed by atoms with Crippen LogP contribution in [0.1, 0.15) is 15.9 Å². The predicted molar refractivity (Wildman–Crippen MR) is 98.2 cm³/mol. The molecule has 0 bridgehead atoms. The van der Waals surface area contributed by atoms with Crippen LogP contribution in [0.5, 0.6) is 0 Å². The van der Waals surface area contributed by atoms with Crippen molar-refractivity contribution in [3.63, 3.8) is 0 Å². The van der Waals surface area contributed by atoms with Crippen LogP contribution in [0.15, 0.2) is 78.9 Å². The quantitative estimate of drug-likeness (QED) is 0.377. The van der Waals surface area contributed by atoms with Crippen LogP contribution in [-0.4, -0.2) is 5.78 Å². The molecule has 1 aliphatic carbocycles. The Kier molecular flexibility index (Phi) is 2.89. The highest BCUT2D eigenvalue weighted by molar-refractivity contribution is 6.28. The average Bonchev–Trinajstić information content (AvgIpc) is 2.66. The standard InChI is InChI=1S/C23H13FO/c24-16-11-8-14(9-12-16)17-13-10-15-4-3-7-19-18-5-1-2-6-20(18)23(25)22(17)21(15)19/h1-13H. The van der Waals surface area contributed by atoms with Crippen LogP contribution >= 0.6 is 0 Å². The fourth-order valence-corrected chi connectivity index (χ4v) is 3.76. The van der Waals surface area contributed by atoms with Gasteiger partial charge in [0.05, 0.1) is 0 Å². The Morgan fingerprint density at radius 3 is 2.12 bits per heavy atom. The number of hydrogen-bond donors (Lipinski definition) is 0.